The SMILES string of the molecule is COc1ccccc1CNC(=O)c1sc(-c2cccs2)nc1C. The first-order chi connectivity index (χ1) is 11.2. The third-order valence-corrected chi connectivity index (χ3v) is 5.56. The van der Waals surface area contributed by atoms with E-state index in [1.807, 2.05) is 48.7 Å². The van der Waals surface area contributed by atoms with Gasteiger partial charge >= 0.3 is 0 Å². The molecule has 1 N–H and O–H groups in total. The number of amides is 1. The van der Waals surface area contributed by atoms with Crippen LogP contribution < -0.4 is 10.1 Å². The number of aromatic nitrogens is 1. The van der Waals surface area contributed by atoms with Gasteiger partial charge in [-0.2, -0.15) is 0 Å². The minimum absolute atomic E-state index is 0.103. The summed E-state index contributed by atoms with van der Waals surface area (Å²) in [6.07, 6.45) is 0. The van der Waals surface area contributed by atoms with Crippen molar-refractivity contribution in [3.63, 3.8) is 0 Å². The van der Waals surface area contributed by atoms with Crippen LogP contribution in [-0.4, -0.2) is 18.0 Å². The molecule has 0 bridgehead atoms. The number of hydrogen-bond acceptors (Lipinski definition) is 5. The number of thiophene rings is 1. The minimum atomic E-state index is -0.103. The maximum Gasteiger partial charge on any atom is 0.263 e. The molecule has 0 unspecified atom stereocenters. The molecule has 0 saturated heterocycles. The Bertz CT molecular complexity index is 810. The lowest BCUT2D eigenvalue weighted by molar-refractivity contribution is 0.0954. The Morgan fingerprint density at radius 3 is 2.83 bits per heavy atom. The molecule has 0 saturated carbocycles. The van der Waals surface area contributed by atoms with Crippen LogP contribution in [0.5, 0.6) is 5.75 Å². The van der Waals surface area contributed by atoms with E-state index in [1.54, 1.807) is 18.4 Å². The van der Waals surface area contributed by atoms with E-state index >= 15 is 0 Å². The van der Waals surface area contributed by atoms with E-state index in [1.165, 1.54) is 11.3 Å². The lowest BCUT2D eigenvalue weighted by Gasteiger charge is -2.09. The van der Waals surface area contributed by atoms with Gasteiger partial charge in [0, 0.05) is 12.1 Å². The summed E-state index contributed by atoms with van der Waals surface area (Å²) in [7, 11) is 1.63. The normalized spacial score (nSPS) is 10.5. The maximum atomic E-state index is 12.4. The average molecular weight is 344 g/mol. The quantitative estimate of drug-likeness (QED) is 0.757. The molecular weight excluding hydrogens is 328 g/mol. The number of hydrogen-bond donors (Lipinski definition) is 1. The van der Waals surface area contributed by atoms with Crippen LogP contribution in [0.25, 0.3) is 9.88 Å². The minimum Gasteiger partial charge on any atom is -0.496 e. The van der Waals surface area contributed by atoms with Crippen molar-refractivity contribution in [1.82, 2.24) is 10.3 Å². The topological polar surface area (TPSA) is 51.2 Å². The van der Waals surface area contributed by atoms with Crippen molar-refractivity contribution >= 4 is 28.6 Å². The van der Waals surface area contributed by atoms with Gasteiger partial charge in [-0.05, 0) is 24.4 Å². The zero-order valence-corrected chi connectivity index (χ0v) is 14.5. The molecule has 0 spiro atoms. The Labute approximate surface area is 142 Å². The van der Waals surface area contributed by atoms with Crippen molar-refractivity contribution in [3.8, 4) is 15.6 Å². The Hall–Kier alpha value is -2.18. The molecular formula is C17H16N2O2S2. The van der Waals surface area contributed by atoms with Gasteiger partial charge in [0.05, 0.1) is 17.7 Å². The monoisotopic (exact) mass is 344 g/mol. The number of carbonyl (C=O) groups excluding carboxylic acids is 1. The number of para-hydroxylation sites is 1. The number of nitrogens with one attached hydrogen (secondary N) is 1. The Morgan fingerprint density at radius 1 is 1.26 bits per heavy atom. The second kappa shape index (κ2) is 6.93. The van der Waals surface area contributed by atoms with Crippen LogP contribution in [-0.2, 0) is 6.54 Å². The molecule has 3 aromatic rings. The summed E-state index contributed by atoms with van der Waals surface area (Å²) < 4.78 is 5.30. The first kappa shape index (κ1) is 15.7. The first-order valence-corrected chi connectivity index (χ1v) is 8.80. The predicted octanol–water partition coefficient (Wildman–Crippen LogP) is 4.12. The highest BCUT2D eigenvalue weighted by Crippen LogP contribution is 2.31. The summed E-state index contributed by atoms with van der Waals surface area (Å²) >= 11 is 3.05. The first-order valence-electron chi connectivity index (χ1n) is 7.10. The molecule has 118 valence electrons. The molecule has 0 radical (unpaired) electrons. The van der Waals surface area contributed by atoms with Gasteiger partial charge in [0.15, 0.2) is 0 Å². The lowest BCUT2D eigenvalue weighted by atomic mass is 10.2. The number of methoxy groups -OCH3 is 1. The van der Waals surface area contributed by atoms with Crippen molar-refractivity contribution < 1.29 is 9.53 Å². The highest BCUT2D eigenvalue weighted by molar-refractivity contribution is 7.22. The van der Waals surface area contributed by atoms with Gasteiger partial charge in [0.25, 0.3) is 5.91 Å². The highest BCUT2D eigenvalue weighted by atomic mass is 32.1. The van der Waals surface area contributed by atoms with E-state index in [-0.39, 0.29) is 5.91 Å². The lowest BCUT2D eigenvalue weighted by Crippen LogP contribution is -2.22. The molecule has 2 aromatic heterocycles. The summed E-state index contributed by atoms with van der Waals surface area (Å²) in [5.41, 5.74) is 1.71. The summed E-state index contributed by atoms with van der Waals surface area (Å²) in [6.45, 7) is 2.29. The van der Waals surface area contributed by atoms with Gasteiger partial charge in [-0.1, -0.05) is 24.3 Å². The number of rotatable bonds is 5. The number of benzene rings is 1. The van der Waals surface area contributed by atoms with Gasteiger partial charge in [0.2, 0.25) is 0 Å². The van der Waals surface area contributed by atoms with Crippen LogP contribution in [0.3, 0.4) is 0 Å². The van der Waals surface area contributed by atoms with Crippen LogP contribution in [0, 0.1) is 6.92 Å². The smallest absolute Gasteiger partial charge is 0.263 e. The van der Waals surface area contributed by atoms with E-state index in [0.29, 0.717) is 11.4 Å². The average Bonchev–Trinajstić information content (AvgIpc) is 3.22. The predicted molar refractivity (Wildman–Crippen MR) is 94.3 cm³/mol. The molecule has 1 amide bonds. The van der Waals surface area contributed by atoms with E-state index < -0.39 is 0 Å². The molecule has 0 aliphatic heterocycles. The Balaban J connectivity index is 1.74. The van der Waals surface area contributed by atoms with Crippen molar-refractivity contribution in [2.45, 2.75) is 13.5 Å². The second-order valence-electron chi connectivity index (χ2n) is 4.91. The summed E-state index contributed by atoms with van der Waals surface area (Å²) in [5.74, 6) is 0.668. The molecule has 0 atom stereocenters. The van der Waals surface area contributed by atoms with Crippen LogP contribution in [0.4, 0.5) is 0 Å². The van der Waals surface area contributed by atoms with E-state index in [0.717, 1.165) is 26.9 Å². The summed E-state index contributed by atoms with van der Waals surface area (Å²) in [5, 5.41) is 5.84. The van der Waals surface area contributed by atoms with Crippen molar-refractivity contribution in [1.29, 1.82) is 0 Å². The van der Waals surface area contributed by atoms with Crippen molar-refractivity contribution in [3.05, 3.63) is 57.9 Å². The zero-order chi connectivity index (χ0) is 16.2. The third-order valence-electron chi connectivity index (χ3n) is 3.37. The number of ether oxygens (including phenoxy) is 1. The molecule has 6 heteroatoms. The second-order valence-corrected chi connectivity index (χ2v) is 6.85. The Kier molecular flexibility index (Phi) is 4.73. The molecule has 0 aliphatic carbocycles. The fourth-order valence-electron chi connectivity index (χ4n) is 2.22. The molecule has 23 heavy (non-hydrogen) atoms. The van der Waals surface area contributed by atoms with E-state index in [9.17, 15) is 4.79 Å². The number of aryl methyl sites for hydroxylation is 1. The largest absolute Gasteiger partial charge is 0.496 e. The standard InChI is InChI=1S/C17H16N2O2S2/c1-11-15(23-17(19-11)14-8-5-9-22-14)16(20)18-10-12-6-3-4-7-13(12)21-2/h3-9H,10H2,1-2H3,(H,18,20). The van der Waals surface area contributed by atoms with Gasteiger partial charge < -0.3 is 10.1 Å². The molecule has 2 heterocycles. The van der Waals surface area contributed by atoms with Crippen LogP contribution in [0.1, 0.15) is 20.9 Å². The molecule has 4 nitrogen and oxygen atoms in total. The molecule has 3 rings (SSSR count). The number of carbonyl (C=O) groups is 1. The van der Waals surface area contributed by atoms with Crippen LogP contribution in [0.2, 0.25) is 0 Å². The van der Waals surface area contributed by atoms with Crippen LogP contribution in [0.15, 0.2) is 41.8 Å². The number of nitrogens with zero attached hydrogens (tertiary/aromatic N) is 1. The van der Waals surface area contributed by atoms with Gasteiger partial charge in [0.1, 0.15) is 15.6 Å². The van der Waals surface area contributed by atoms with E-state index in [2.05, 4.69) is 10.3 Å². The highest BCUT2D eigenvalue weighted by Gasteiger charge is 2.16. The zero-order valence-electron chi connectivity index (χ0n) is 12.8. The van der Waals surface area contributed by atoms with Crippen molar-refractivity contribution in [2.24, 2.45) is 0 Å². The maximum absolute atomic E-state index is 12.4. The van der Waals surface area contributed by atoms with E-state index in [4.69, 9.17) is 4.74 Å². The summed E-state index contributed by atoms with van der Waals surface area (Å²) in [4.78, 5) is 18.7. The molecule has 0 fully saturated rings. The van der Waals surface area contributed by atoms with Gasteiger partial charge in [-0.25, -0.2) is 4.98 Å². The fourth-order valence-corrected chi connectivity index (χ4v) is 4.00. The summed E-state index contributed by atoms with van der Waals surface area (Å²) in [6, 6.07) is 11.7. The van der Waals surface area contributed by atoms with Crippen molar-refractivity contribution in [2.75, 3.05) is 7.11 Å². The number of thiazole rings is 1. The van der Waals surface area contributed by atoms with Gasteiger partial charge in [-0.15, -0.1) is 22.7 Å². The fraction of sp³-hybridized carbons (Fsp3) is 0.176. The van der Waals surface area contributed by atoms with Crippen LogP contribution >= 0.6 is 22.7 Å². The Morgan fingerprint density at radius 2 is 2.09 bits per heavy atom. The molecule has 0 aliphatic rings. The van der Waals surface area contributed by atoms with Gasteiger partial charge in [-0.3, -0.25) is 4.79 Å². The molecule has 1 aromatic carbocycles. The third kappa shape index (κ3) is 3.43.